The molecule has 6 heteroatoms. The van der Waals surface area contributed by atoms with Crippen molar-refractivity contribution in [1.82, 2.24) is 14.8 Å². The molecule has 0 bridgehead atoms. The zero-order valence-corrected chi connectivity index (χ0v) is 18.1. The number of amides is 1. The zero-order valence-electron chi connectivity index (χ0n) is 16.5. The molecule has 2 saturated heterocycles. The van der Waals surface area contributed by atoms with Gasteiger partial charge in [-0.05, 0) is 64.3 Å². The first-order valence-corrected chi connectivity index (χ1v) is 11.6. The molecule has 2 aromatic rings. The van der Waals surface area contributed by atoms with E-state index in [1.54, 1.807) is 0 Å². The van der Waals surface area contributed by atoms with Crippen LogP contribution in [0, 0.1) is 6.92 Å². The lowest BCUT2D eigenvalue weighted by atomic mass is 10.0. The Balaban J connectivity index is 1.45. The van der Waals surface area contributed by atoms with Gasteiger partial charge >= 0.3 is 0 Å². The van der Waals surface area contributed by atoms with E-state index in [1.165, 1.54) is 50.1 Å². The molecular formula is C22H28ClN3OS. The van der Waals surface area contributed by atoms with E-state index in [-0.39, 0.29) is 5.91 Å². The molecule has 0 aliphatic carbocycles. The van der Waals surface area contributed by atoms with Gasteiger partial charge in [0, 0.05) is 29.7 Å². The molecule has 2 fully saturated rings. The summed E-state index contributed by atoms with van der Waals surface area (Å²) in [5.74, 6) is 0.141. The van der Waals surface area contributed by atoms with Crippen LogP contribution in [0.5, 0.6) is 0 Å². The number of aryl methyl sites for hydroxylation is 1. The number of hydrogen-bond donors (Lipinski definition) is 0. The molecule has 0 radical (unpaired) electrons. The van der Waals surface area contributed by atoms with Gasteiger partial charge in [0.05, 0.1) is 5.69 Å². The highest BCUT2D eigenvalue weighted by molar-refractivity contribution is 7.17. The molecule has 3 heterocycles. The Kier molecular flexibility index (Phi) is 6.34. The van der Waals surface area contributed by atoms with Crippen molar-refractivity contribution < 1.29 is 4.79 Å². The van der Waals surface area contributed by atoms with Crippen LogP contribution in [0.2, 0.25) is 5.02 Å². The van der Waals surface area contributed by atoms with E-state index in [1.807, 2.05) is 36.1 Å². The van der Waals surface area contributed by atoms with Gasteiger partial charge in [-0.2, -0.15) is 0 Å². The number of carbonyl (C=O) groups excluding carboxylic acids is 1. The topological polar surface area (TPSA) is 36.4 Å². The molecule has 1 atom stereocenters. The van der Waals surface area contributed by atoms with E-state index in [2.05, 4.69) is 9.88 Å². The maximum Gasteiger partial charge on any atom is 0.265 e. The third-order valence-electron chi connectivity index (χ3n) is 5.95. The fraction of sp³-hybridized carbons (Fsp3) is 0.545. The Hall–Kier alpha value is -1.43. The van der Waals surface area contributed by atoms with Crippen LogP contribution in [-0.4, -0.2) is 52.9 Å². The van der Waals surface area contributed by atoms with Crippen LogP contribution < -0.4 is 0 Å². The zero-order chi connectivity index (χ0) is 19.5. The minimum atomic E-state index is 0.141. The Morgan fingerprint density at radius 3 is 2.71 bits per heavy atom. The summed E-state index contributed by atoms with van der Waals surface area (Å²) in [6, 6.07) is 8.32. The summed E-state index contributed by atoms with van der Waals surface area (Å²) in [6.45, 7) is 6.11. The molecule has 0 spiro atoms. The summed E-state index contributed by atoms with van der Waals surface area (Å²) in [6.07, 6.45) is 7.40. The number of thiazole rings is 1. The third kappa shape index (κ3) is 4.42. The maximum atomic E-state index is 13.2. The highest BCUT2D eigenvalue weighted by atomic mass is 35.5. The molecule has 1 unspecified atom stereocenters. The van der Waals surface area contributed by atoms with Gasteiger partial charge in [-0.25, -0.2) is 4.98 Å². The number of benzene rings is 1. The van der Waals surface area contributed by atoms with Gasteiger partial charge < -0.3 is 9.80 Å². The molecule has 1 aromatic heterocycles. The lowest BCUT2D eigenvalue weighted by molar-refractivity contribution is 0.0758. The quantitative estimate of drug-likeness (QED) is 0.684. The van der Waals surface area contributed by atoms with Gasteiger partial charge in [-0.1, -0.05) is 30.2 Å². The number of likely N-dealkylation sites (tertiary alicyclic amines) is 2. The van der Waals surface area contributed by atoms with Crippen LogP contribution in [0.4, 0.5) is 0 Å². The van der Waals surface area contributed by atoms with Crippen molar-refractivity contribution in [3.63, 3.8) is 0 Å². The Morgan fingerprint density at radius 2 is 1.93 bits per heavy atom. The fourth-order valence-electron chi connectivity index (χ4n) is 4.41. The monoisotopic (exact) mass is 417 g/mol. The van der Waals surface area contributed by atoms with E-state index < -0.39 is 0 Å². The Labute approximate surface area is 176 Å². The molecule has 2 aliphatic heterocycles. The normalized spacial score (nSPS) is 21.5. The molecule has 0 saturated carbocycles. The predicted octanol–water partition coefficient (Wildman–Crippen LogP) is 5.25. The highest BCUT2D eigenvalue weighted by Crippen LogP contribution is 2.31. The average molecular weight is 418 g/mol. The van der Waals surface area contributed by atoms with Crippen molar-refractivity contribution in [2.75, 3.05) is 26.2 Å². The molecule has 4 nitrogen and oxygen atoms in total. The second-order valence-electron chi connectivity index (χ2n) is 7.92. The minimum absolute atomic E-state index is 0.141. The van der Waals surface area contributed by atoms with Crippen LogP contribution in [0.3, 0.4) is 0 Å². The summed E-state index contributed by atoms with van der Waals surface area (Å²) in [4.78, 5) is 23.4. The molecule has 1 aromatic carbocycles. The number of halogens is 1. The predicted molar refractivity (Wildman–Crippen MR) is 116 cm³/mol. The first-order chi connectivity index (χ1) is 13.6. The summed E-state index contributed by atoms with van der Waals surface area (Å²) in [7, 11) is 0. The third-order valence-corrected chi connectivity index (χ3v) is 7.38. The van der Waals surface area contributed by atoms with Crippen LogP contribution >= 0.6 is 22.9 Å². The van der Waals surface area contributed by atoms with E-state index in [0.717, 1.165) is 47.1 Å². The van der Waals surface area contributed by atoms with Crippen molar-refractivity contribution in [1.29, 1.82) is 0 Å². The second kappa shape index (κ2) is 8.93. The average Bonchev–Trinajstić information content (AvgIpc) is 2.94. The van der Waals surface area contributed by atoms with E-state index >= 15 is 0 Å². The van der Waals surface area contributed by atoms with Gasteiger partial charge in [0.25, 0.3) is 5.91 Å². The van der Waals surface area contributed by atoms with Crippen LogP contribution in [0.1, 0.15) is 53.9 Å². The fourth-order valence-corrected chi connectivity index (χ4v) is 5.63. The summed E-state index contributed by atoms with van der Waals surface area (Å²) in [5, 5.41) is 1.55. The number of rotatable bonds is 3. The van der Waals surface area contributed by atoms with Crippen molar-refractivity contribution in [2.24, 2.45) is 0 Å². The standard InChI is InChI=1S/C22H28ClN3OS/c1-16-20(28-21(24-16)17-7-5-8-18(23)15-17)22(27)26-13-6-9-19(10-14-26)25-11-3-2-4-12-25/h5,7-8,15,19H,2-4,6,9-14H2,1H3. The van der Waals surface area contributed by atoms with Crippen LogP contribution in [-0.2, 0) is 0 Å². The molecule has 0 N–H and O–H groups in total. The number of nitrogens with zero attached hydrogens (tertiary/aromatic N) is 3. The molecule has 150 valence electrons. The van der Waals surface area contributed by atoms with Crippen molar-refractivity contribution in [2.45, 2.75) is 51.5 Å². The molecule has 28 heavy (non-hydrogen) atoms. The van der Waals surface area contributed by atoms with Crippen molar-refractivity contribution in [3.8, 4) is 10.6 Å². The first kappa shape index (κ1) is 19.9. The van der Waals surface area contributed by atoms with E-state index in [4.69, 9.17) is 11.6 Å². The lowest BCUT2D eigenvalue weighted by Gasteiger charge is -2.34. The Bertz CT molecular complexity index is 831. The van der Waals surface area contributed by atoms with Gasteiger partial charge in [0.1, 0.15) is 9.88 Å². The highest BCUT2D eigenvalue weighted by Gasteiger charge is 2.28. The number of carbonyl (C=O) groups is 1. The Morgan fingerprint density at radius 1 is 1.11 bits per heavy atom. The van der Waals surface area contributed by atoms with Crippen molar-refractivity contribution >= 4 is 28.8 Å². The van der Waals surface area contributed by atoms with Crippen molar-refractivity contribution in [3.05, 3.63) is 39.9 Å². The van der Waals surface area contributed by atoms with E-state index in [0.29, 0.717) is 11.1 Å². The molecule has 4 rings (SSSR count). The summed E-state index contributed by atoms with van der Waals surface area (Å²) >= 11 is 7.61. The molecule has 1 amide bonds. The molecular weight excluding hydrogens is 390 g/mol. The maximum absolute atomic E-state index is 13.2. The van der Waals surface area contributed by atoms with Gasteiger partial charge in [0.2, 0.25) is 0 Å². The van der Waals surface area contributed by atoms with Gasteiger partial charge in [-0.3, -0.25) is 4.79 Å². The largest absolute Gasteiger partial charge is 0.338 e. The number of piperidine rings is 1. The SMILES string of the molecule is Cc1nc(-c2cccc(Cl)c2)sc1C(=O)N1CCCC(N2CCCCC2)CC1. The minimum Gasteiger partial charge on any atom is -0.338 e. The first-order valence-electron chi connectivity index (χ1n) is 10.4. The summed E-state index contributed by atoms with van der Waals surface area (Å²) < 4.78 is 0. The van der Waals surface area contributed by atoms with Crippen LogP contribution in [0.25, 0.3) is 10.6 Å². The second-order valence-corrected chi connectivity index (χ2v) is 9.35. The van der Waals surface area contributed by atoms with Crippen LogP contribution in [0.15, 0.2) is 24.3 Å². The number of hydrogen-bond acceptors (Lipinski definition) is 4. The molecule has 2 aliphatic rings. The van der Waals surface area contributed by atoms with Gasteiger partial charge in [-0.15, -0.1) is 11.3 Å². The number of aromatic nitrogens is 1. The summed E-state index contributed by atoms with van der Waals surface area (Å²) in [5.41, 5.74) is 1.79. The smallest absolute Gasteiger partial charge is 0.265 e. The van der Waals surface area contributed by atoms with E-state index in [9.17, 15) is 4.79 Å². The van der Waals surface area contributed by atoms with Gasteiger partial charge in [0.15, 0.2) is 0 Å². The lowest BCUT2D eigenvalue weighted by Crippen LogP contribution is -2.40.